The van der Waals surface area contributed by atoms with Gasteiger partial charge in [0.15, 0.2) is 11.5 Å². The van der Waals surface area contributed by atoms with Crippen molar-refractivity contribution in [2.24, 2.45) is 0 Å². The van der Waals surface area contributed by atoms with Crippen molar-refractivity contribution in [1.82, 2.24) is 4.98 Å². The number of non-ortho nitro benzene ring substituents is 1. The average Bonchev–Trinajstić information content (AvgIpc) is 2.47. The van der Waals surface area contributed by atoms with Crippen molar-refractivity contribution in [2.45, 2.75) is 13.0 Å². The van der Waals surface area contributed by atoms with E-state index in [0.29, 0.717) is 11.3 Å². The third-order valence-electron chi connectivity index (χ3n) is 2.81. The zero-order valence-corrected chi connectivity index (χ0v) is 11.5. The first-order valence-electron chi connectivity index (χ1n) is 6.15. The van der Waals surface area contributed by atoms with Crippen molar-refractivity contribution in [3.8, 4) is 17.4 Å². The lowest BCUT2D eigenvalue weighted by Crippen LogP contribution is -1.96. The van der Waals surface area contributed by atoms with Gasteiger partial charge in [-0.05, 0) is 24.6 Å². The molecule has 0 unspecified atom stereocenters. The summed E-state index contributed by atoms with van der Waals surface area (Å²) in [7, 11) is 1.39. The standard InChI is InChI=1S/C14H14N2O5/c1-9(17)10-5-6-15-14(7-10)21-12-4-3-11(16(18)19)8-13(12)20-2/h3-9,17H,1-2H3/t9-/m0/s1. The van der Waals surface area contributed by atoms with Gasteiger partial charge in [0, 0.05) is 18.3 Å². The van der Waals surface area contributed by atoms with Crippen LogP contribution in [0.15, 0.2) is 36.5 Å². The lowest BCUT2D eigenvalue weighted by atomic mass is 10.2. The largest absolute Gasteiger partial charge is 0.493 e. The van der Waals surface area contributed by atoms with Crippen molar-refractivity contribution in [2.75, 3.05) is 7.11 Å². The summed E-state index contributed by atoms with van der Waals surface area (Å²) >= 11 is 0. The molecular formula is C14H14N2O5. The minimum Gasteiger partial charge on any atom is -0.493 e. The molecule has 1 aromatic heterocycles. The molecule has 2 aromatic rings. The molecule has 0 saturated heterocycles. The highest BCUT2D eigenvalue weighted by atomic mass is 16.6. The van der Waals surface area contributed by atoms with E-state index in [-0.39, 0.29) is 17.3 Å². The summed E-state index contributed by atoms with van der Waals surface area (Å²) < 4.78 is 10.6. The average molecular weight is 290 g/mol. The molecule has 0 fully saturated rings. The van der Waals surface area contributed by atoms with Crippen LogP contribution in [-0.4, -0.2) is 22.1 Å². The number of ether oxygens (including phenoxy) is 2. The van der Waals surface area contributed by atoms with Crippen molar-refractivity contribution in [3.63, 3.8) is 0 Å². The van der Waals surface area contributed by atoms with Crippen LogP contribution in [0.1, 0.15) is 18.6 Å². The Labute approximate surface area is 120 Å². The molecule has 1 N–H and O–H groups in total. The fraction of sp³-hybridized carbons (Fsp3) is 0.214. The van der Waals surface area contributed by atoms with E-state index in [1.807, 2.05) is 0 Å². The van der Waals surface area contributed by atoms with Crippen LogP contribution in [-0.2, 0) is 0 Å². The van der Waals surface area contributed by atoms with Gasteiger partial charge in [-0.1, -0.05) is 0 Å². The molecule has 0 amide bonds. The minimum atomic E-state index is -0.644. The molecule has 1 aromatic carbocycles. The Kier molecular flexibility index (Phi) is 4.34. The van der Waals surface area contributed by atoms with Crippen molar-refractivity contribution >= 4 is 5.69 Å². The summed E-state index contributed by atoms with van der Waals surface area (Å²) in [5.74, 6) is 0.798. The molecule has 0 radical (unpaired) electrons. The second-order valence-electron chi connectivity index (χ2n) is 4.30. The highest BCUT2D eigenvalue weighted by Crippen LogP contribution is 2.34. The molecule has 7 nitrogen and oxygen atoms in total. The number of benzene rings is 1. The Morgan fingerprint density at radius 2 is 2.05 bits per heavy atom. The fourth-order valence-corrected chi connectivity index (χ4v) is 1.71. The Balaban J connectivity index is 2.31. The molecule has 0 spiro atoms. The Bertz CT molecular complexity index is 658. The first-order chi connectivity index (χ1) is 10.0. The van der Waals surface area contributed by atoms with E-state index in [1.165, 1.54) is 31.5 Å². The highest BCUT2D eigenvalue weighted by Gasteiger charge is 2.14. The number of aromatic nitrogens is 1. The number of rotatable bonds is 5. The molecule has 7 heteroatoms. The molecule has 21 heavy (non-hydrogen) atoms. The number of aliphatic hydroxyl groups excluding tert-OH is 1. The summed E-state index contributed by atoms with van der Waals surface area (Å²) in [4.78, 5) is 14.2. The zero-order valence-electron chi connectivity index (χ0n) is 11.5. The van der Waals surface area contributed by atoms with E-state index in [9.17, 15) is 15.2 Å². The number of pyridine rings is 1. The van der Waals surface area contributed by atoms with Crippen LogP contribution in [0.5, 0.6) is 17.4 Å². The summed E-state index contributed by atoms with van der Waals surface area (Å²) in [6.45, 7) is 1.63. The van der Waals surface area contributed by atoms with Crippen molar-refractivity contribution < 1.29 is 19.5 Å². The maximum atomic E-state index is 10.7. The van der Waals surface area contributed by atoms with Gasteiger partial charge in [0.05, 0.1) is 24.2 Å². The summed E-state index contributed by atoms with van der Waals surface area (Å²) in [5, 5.41) is 20.3. The Morgan fingerprint density at radius 3 is 2.67 bits per heavy atom. The van der Waals surface area contributed by atoms with Crippen LogP contribution in [0.25, 0.3) is 0 Å². The summed E-state index contributed by atoms with van der Waals surface area (Å²) in [6, 6.07) is 7.29. The van der Waals surface area contributed by atoms with Crippen LogP contribution in [0.2, 0.25) is 0 Å². The first-order valence-corrected chi connectivity index (χ1v) is 6.15. The van der Waals surface area contributed by atoms with E-state index >= 15 is 0 Å². The Morgan fingerprint density at radius 1 is 1.29 bits per heavy atom. The van der Waals surface area contributed by atoms with Crippen LogP contribution < -0.4 is 9.47 Å². The number of hydrogen-bond donors (Lipinski definition) is 1. The number of nitro groups is 1. The molecule has 0 aliphatic heterocycles. The molecule has 0 aliphatic rings. The third kappa shape index (κ3) is 3.46. The molecule has 0 aliphatic carbocycles. The van der Waals surface area contributed by atoms with Gasteiger partial charge < -0.3 is 14.6 Å². The summed E-state index contributed by atoms with van der Waals surface area (Å²) in [6.07, 6.45) is 0.865. The fourth-order valence-electron chi connectivity index (χ4n) is 1.71. The van der Waals surface area contributed by atoms with Crippen molar-refractivity contribution in [1.29, 1.82) is 0 Å². The van der Waals surface area contributed by atoms with E-state index in [4.69, 9.17) is 9.47 Å². The number of methoxy groups -OCH3 is 1. The van der Waals surface area contributed by atoms with Gasteiger partial charge >= 0.3 is 0 Å². The minimum absolute atomic E-state index is 0.0927. The number of nitro benzene ring substituents is 1. The maximum absolute atomic E-state index is 10.7. The molecule has 0 bridgehead atoms. The zero-order chi connectivity index (χ0) is 15.4. The maximum Gasteiger partial charge on any atom is 0.273 e. The lowest BCUT2D eigenvalue weighted by Gasteiger charge is -2.11. The monoisotopic (exact) mass is 290 g/mol. The number of aliphatic hydroxyl groups is 1. The third-order valence-corrected chi connectivity index (χ3v) is 2.81. The SMILES string of the molecule is COc1cc([N+](=O)[O-])ccc1Oc1cc([C@H](C)O)ccn1. The highest BCUT2D eigenvalue weighted by molar-refractivity contribution is 5.49. The van der Waals surface area contributed by atoms with E-state index in [2.05, 4.69) is 4.98 Å². The van der Waals surface area contributed by atoms with Crippen LogP contribution in [0.4, 0.5) is 5.69 Å². The lowest BCUT2D eigenvalue weighted by molar-refractivity contribution is -0.384. The quantitative estimate of drug-likeness (QED) is 0.672. The van der Waals surface area contributed by atoms with Crippen LogP contribution in [0.3, 0.4) is 0 Å². The van der Waals surface area contributed by atoms with Crippen molar-refractivity contribution in [3.05, 3.63) is 52.2 Å². The number of nitrogens with zero attached hydrogens (tertiary/aromatic N) is 2. The Hall–Kier alpha value is -2.67. The van der Waals surface area contributed by atoms with Gasteiger partial charge in [-0.3, -0.25) is 10.1 Å². The molecule has 0 saturated carbocycles. The van der Waals surface area contributed by atoms with Gasteiger partial charge in [-0.15, -0.1) is 0 Å². The van der Waals surface area contributed by atoms with Crippen LogP contribution >= 0.6 is 0 Å². The second-order valence-corrected chi connectivity index (χ2v) is 4.30. The number of hydrogen-bond acceptors (Lipinski definition) is 6. The first kappa shape index (κ1) is 14.7. The topological polar surface area (TPSA) is 94.7 Å². The van der Waals surface area contributed by atoms with Gasteiger partial charge in [0.1, 0.15) is 0 Å². The molecule has 2 rings (SSSR count). The van der Waals surface area contributed by atoms with E-state index in [0.717, 1.165) is 0 Å². The predicted octanol–water partition coefficient (Wildman–Crippen LogP) is 2.84. The molecule has 1 atom stereocenters. The molecular weight excluding hydrogens is 276 g/mol. The van der Waals surface area contributed by atoms with E-state index in [1.54, 1.807) is 19.1 Å². The van der Waals surface area contributed by atoms with Gasteiger partial charge in [0.2, 0.25) is 5.88 Å². The van der Waals surface area contributed by atoms with Gasteiger partial charge in [-0.25, -0.2) is 4.98 Å². The predicted molar refractivity (Wildman–Crippen MR) is 74.6 cm³/mol. The molecule has 1 heterocycles. The van der Waals surface area contributed by atoms with Gasteiger partial charge in [0.25, 0.3) is 5.69 Å². The summed E-state index contributed by atoms with van der Waals surface area (Å²) in [5.41, 5.74) is 0.561. The van der Waals surface area contributed by atoms with Gasteiger partial charge in [-0.2, -0.15) is 0 Å². The van der Waals surface area contributed by atoms with E-state index < -0.39 is 11.0 Å². The smallest absolute Gasteiger partial charge is 0.273 e. The molecule has 110 valence electrons. The van der Waals surface area contributed by atoms with Crippen LogP contribution in [0, 0.1) is 10.1 Å². The second kappa shape index (κ2) is 6.19. The normalized spacial score (nSPS) is 11.8.